The summed E-state index contributed by atoms with van der Waals surface area (Å²) < 4.78 is 13.5. The number of aryl methyl sites for hydroxylation is 2. The van der Waals surface area contributed by atoms with E-state index < -0.39 is 0 Å². The molecule has 3 aromatic rings. The van der Waals surface area contributed by atoms with Gasteiger partial charge in [-0.1, -0.05) is 24.3 Å². The first-order valence-corrected chi connectivity index (χ1v) is 9.40. The average molecular weight is 366 g/mol. The van der Waals surface area contributed by atoms with E-state index >= 15 is 0 Å². The van der Waals surface area contributed by atoms with E-state index in [9.17, 15) is 5.11 Å². The van der Waals surface area contributed by atoms with Gasteiger partial charge in [-0.15, -0.1) is 11.8 Å². The quantitative estimate of drug-likeness (QED) is 0.626. The van der Waals surface area contributed by atoms with Crippen LogP contribution in [0.3, 0.4) is 0 Å². The summed E-state index contributed by atoms with van der Waals surface area (Å²) in [6.45, 7) is 4.20. The SMILES string of the molecule is [3H]Oc1ccc([C@@H]2Sc3cc(C)c(C)cc3O[C@@H]2c2ccc(O)cc2)cc1. The minimum atomic E-state index is -0.187. The molecule has 26 heavy (non-hydrogen) atoms. The lowest BCUT2D eigenvalue weighted by molar-refractivity contribution is 0.190. The molecule has 0 saturated carbocycles. The molecule has 4 heteroatoms. The summed E-state index contributed by atoms with van der Waals surface area (Å²) in [6.07, 6.45) is -0.187. The summed E-state index contributed by atoms with van der Waals surface area (Å²) in [6, 6.07) is 19.0. The van der Waals surface area contributed by atoms with Crippen molar-refractivity contribution in [2.75, 3.05) is 0 Å². The van der Waals surface area contributed by atoms with Crippen molar-refractivity contribution in [3.05, 3.63) is 82.9 Å². The number of aromatic hydroxyl groups is 2. The fraction of sp³-hybridized carbons (Fsp3) is 0.182. The Bertz CT molecular complexity index is 955. The second-order valence-corrected chi connectivity index (χ2v) is 7.80. The Hall–Kier alpha value is -2.59. The summed E-state index contributed by atoms with van der Waals surface area (Å²) >= 11 is 1.78. The molecule has 2 N–H and O–H groups in total. The van der Waals surface area contributed by atoms with Crippen LogP contribution < -0.4 is 4.74 Å². The Morgan fingerprint density at radius 3 is 2.19 bits per heavy atom. The van der Waals surface area contributed by atoms with Gasteiger partial charge < -0.3 is 15.0 Å². The molecule has 3 aromatic carbocycles. The smallest absolute Gasteiger partial charge is 0.293 e. The summed E-state index contributed by atoms with van der Waals surface area (Å²) in [4.78, 5) is 1.12. The number of fused-ring (bicyclic) bond motifs is 1. The van der Waals surface area contributed by atoms with Crippen molar-refractivity contribution in [2.45, 2.75) is 30.1 Å². The van der Waals surface area contributed by atoms with Crippen LogP contribution in [-0.2, 0) is 0 Å². The Kier molecular flexibility index (Phi) is 3.98. The van der Waals surface area contributed by atoms with E-state index in [0.717, 1.165) is 21.8 Å². The molecule has 0 unspecified atom stereocenters. The van der Waals surface area contributed by atoms with Crippen molar-refractivity contribution in [3.8, 4) is 17.2 Å². The largest absolute Gasteiger partial charge is 0.508 e. The van der Waals surface area contributed by atoms with Gasteiger partial charge in [-0.05, 0) is 72.5 Å². The van der Waals surface area contributed by atoms with Gasteiger partial charge in [0.25, 0.3) is 1.43 Å². The second kappa shape index (κ2) is 6.61. The molecule has 1 aliphatic heterocycles. The van der Waals surface area contributed by atoms with E-state index in [2.05, 4.69) is 31.1 Å². The highest BCUT2D eigenvalue weighted by Crippen LogP contribution is 2.53. The van der Waals surface area contributed by atoms with Gasteiger partial charge in [0.05, 0.1) is 10.1 Å². The Morgan fingerprint density at radius 2 is 1.50 bits per heavy atom. The number of benzene rings is 3. The number of hydrogen-bond donors (Lipinski definition) is 2. The van der Waals surface area contributed by atoms with Crippen LogP contribution in [0.25, 0.3) is 0 Å². The van der Waals surface area contributed by atoms with Crippen LogP contribution >= 0.6 is 11.8 Å². The van der Waals surface area contributed by atoms with Gasteiger partial charge in [0.1, 0.15) is 23.4 Å². The van der Waals surface area contributed by atoms with E-state index in [1.165, 1.54) is 11.1 Å². The third kappa shape index (κ3) is 3.13. The molecular weight excluding hydrogens is 344 g/mol. The highest BCUT2D eigenvalue weighted by molar-refractivity contribution is 7.99. The van der Waals surface area contributed by atoms with Crippen LogP contribution in [0, 0.1) is 13.8 Å². The van der Waals surface area contributed by atoms with Crippen molar-refractivity contribution < 1.29 is 15.0 Å². The van der Waals surface area contributed by atoms with Crippen LogP contribution in [0.4, 0.5) is 0 Å². The molecule has 0 aliphatic carbocycles. The van der Waals surface area contributed by atoms with Gasteiger partial charge in [-0.3, -0.25) is 0 Å². The summed E-state index contributed by atoms with van der Waals surface area (Å²) in [5.74, 6) is 1.64. The molecule has 1 aliphatic rings. The molecule has 0 radical (unpaired) electrons. The van der Waals surface area contributed by atoms with Gasteiger partial charge >= 0.3 is 0 Å². The number of thioether (sulfide) groups is 1. The number of phenols is 2. The van der Waals surface area contributed by atoms with Gasteiger partial charge in [0, 0.05) is 0 Å². The number of hydrogen-bond acceptors (Lipinski definition) is 4. The highest BCUT2D eigenvalue weighted by Gasteiger charge is 2.33. The second-order valence-electron chi connectivity index (χ2n) is 6.62. The molecule has 132 valence electrons. The minimum Gasteiger partial charge on any atom is -0.508 e. The van der Waals surface area contributed by atoms with Crippen LogP contribution in [0.2, 0.25) is 0 Å². The van der Waals surface area contributed by atoms with Crippen LogP contribution in [-0.4, -0.2) is 11.6 Å². The molecular formula is C22H20O3S. The Morgan fingerprint density at radius 1 is 0.885 bits per heavy atom. The van der Waals surface area contributed by atoms with Crippen molar-refractivity contribution in [2.24, 2.45) is 0 Å². The standard InChI is InChI=1S/C22H20O3S/c1-13-11-19-20(12-14(13)2)26-22(16-5-9-18(24)10-6-16)21(25-19)15-3-7-17(23)8-4-15/h3-12,21-24H,1-2H3/t21-,22+/m1/s1/i/hT. The zero-order chi connectivity index (χ0) is 19.0. The predicted octanol–water partition coefficient (Wildman–Crippen LogP) is 5.68. The van der Waals surface area contributed by atoms with E-state index in [4.69, 9.17) is 6.17 Å². The molecule has 0 saturated heterocycles. The van der Waals surface area contributed by atoms with Crippen molar-refractivity contribution in [1.82, 2.24) is 0 Å². The summed E-state index contributed by atoms with van der Waals surface area (Å²) in [5, 5.41) is 14.2. The van der Waals surface area contributed by atoms with E-state index in [0.29, 0.717) is 5.75 Å². The van der Waals surface area contributed by atoms with E-state index in [-0.39, 0.29) is 17.1 Å². The third-order valence-corrected chi connectivity index (χ3v) is 6.12. The molecule has 0 aromatic heterocycles. The third-order valence-electron chi connectivity index (χ3n) is 4.77. The van der Waals surface area contributed by atoms with Crippen molar-refractivity contribution in [1.29, 1.82) is 1.43 Å². The summed E-state index contributed by atoms with van der Waals surface area (Å²) in [5.41, 5.74) is 4.55. The maximum Gasteiger partial charge on any atom is 0.293 e. The zero-order valence-electron chi connectivity index (χ0n) is 15.6. The maximum atomic E-state index is 9.64. The van der Waals surface area contributed by atoms with Crippen molar-refractivity contribution >= 4 is 11.8 Å². The predicted molar refractivity (Wildman–Crippen MR) is 104 cm³/mol. The first kappa shape index (κ1) is 15.6. The maximum absolute atomic E-state index is 9.64. The van der Waals surface area contributed by atoms with Crippen LogP contribution in [0.1, 0.15) is 33.6 Å². The lowest BCUT2D eigenvalue weighted by atomic mass is 9.99. The highest BCUT2D eigenvalue weighted by atomic mass is 32.2. The fourth-order valence-corrected chi connectivity index (χ4v) is 4.52. The Labute approximate surface area is 158 Å². The number of phenolic OH excluding ortho intramolecular Hbond substituents is 2. The van der Waals surface area contributed by atoms with Gasteiger partial charge in [-0.25, -0.2) is 0 Å². The molecule has 0 fully saturated rings. The molecule has 1 heterocycles. The molecule has 2 atom stereocenters. The normalized spacial score (nSPS) is 19.2. The average Bonchev–Trinajstić information content (AvgIpc) is 2.69. The molecule has 0 spiro atoms. The number of rotatable bonds is 3. The first-order valence-electron chi connectivity index (χ1n) is 8.92. The van der Waals surface area contributed by atoms with Crippen LogP contribution in [0.5, 0.6) is 17.2 Å². The monoisotopic (exact) mass is 366 g/mol. The number of ether oxygens (including phenoxy) is 1. The molecule has 0 amide bonds. The van der Waals surface area contributed by atoms with Crippen molar-refractivity contribution in [3.63, 3.8) is 0 Å². The van der Waals surface area contributed by atoms with E-state index in [1.54, 1.807) is 36.0 Å². The molecule has 0 bridgehead atoms. The van der Waals surface area contributed by atoms with Crippen LogP contribution in [0.15, 0.2) is 65.6 Å². The minimum absolute atomic E-state index is 0.0453. The first-order chi connectivity index (χ1) is 13.0. The topological polar surface area (TPSA) is 49.7 Å². The van der Waals surface area contributed by atoms with E-state index in [1.807, 2.05) is 24.3 Å². The molecule has 3 nitrogen and oxygen atoms in total. The Balaban J connectivity index is 1.78. The zero-order valence-corrected chi connectivity index (χ0v) is 15.4. The van der Waals surface area contributed by atoms with Gasteiger partial charge in [0.2, 0.25) is 0 Å². The summed E-state index contributed by atoms with van der Waals surface area (Å²) in [7, 11) is 0. The lowest BCUT2D eigenvalue weighted by Gasteiger charge is -2.34. The van der Waals surface area contributed by atoms with Gasteiger partial charge in [0.15, 0.2) is 0 Å². The lowest BCUT2D eigenvalue weighted by Crippen LogP contribution is -2.19. The molecule has 4 rings (SSSR count). The van der Waals surface area contributed by atoms with Gasteiger partial charge in [-0.2, -0.15) is 0 Å². The fourth-order valence-electron chi connectivity index (χ4n) is 3.15.